The molecule has 6 heteroatoms. The lowest BCUT2D eigenvalue weighted by Gasteiger charge is -2.37. The molecule has 2 aliphatic rings. The average molecular weight is 375 g/mol. The van der Waals surface area contributed by atoms with E-state index in [0.29, 0.717) is 12.5 Å². The number of pyridine rings is 1. The zero-order valence-electron chi connectivity index (χ0n) is 15.9. The van der Waals surface area contributed by atoms with Gasteiger partial charge in [-0.05, 0) is 36.6 Å². The summed E-state index contributed by atoms with van der Waals surface area (Å²) in [5.41, 5.74) is 3.94. The normalized spacial score (nSPS) is 20.1. The fourth-order valence-corrected chi connectivity index (χ4v) is 4.81. The summed E-state index contributed by atoms with van der Waals surface area (Å²) in [6.45, 7) is 1.48. The topological polar surface area (TPSA) is 66.8 Å². The van der Waals surface area contributed by atoms with Gasteiger partial charge in [0.25, 0.3) is 5.91 Å². The van der Waals surface area contributed by atoms with Gasteiger partial charge in [0, 0.05) is 43.3 Å². The molecule has 1 atom stereocenters. The molecule has 28 heavy (non-hydrogen) atoms. The molecular formula is C22H25N5O. The van der Waals surface area contributed by atoms with E-state index in [1.54, 1.807) is 12.4 Å². The van der Waals surface area contributed by atoms with Gasteiger partial charge in [0.2, 0.25) is 0 Å². The summed E-state index contributed by atoms with van der Waals surface area (Å²) in [7, 11) is 0. The summed E-state index contributed by atoms with van der Waals surface area (Å²) in [5, 5.41) is 7.40. The first-order chi connectivity index (χ1) is 13.8. The molecular weight excluding hydrogens is 350 g/mol. The van der Waals surface area contributed by atoms with E-state index in [1.165, 1.54) is 19.3 Å². The summed E-state index contributed by atoms with van der Waals surface area (Å²) in [6.07, 6.45) is 13.5. The van der Waals surface area contributed by atoms with Crippen LogP contribution in [0.1, 0.15) is 71.4 Å². The quantitative estimate of drug-likeness (QED) is 0.755. The maximum Gasteiger partial charge on any atom is 0.258 e. The first kappa shape index (κ1) is 17.2. The van der Waals surface area contributed by atoms with Crippen LogP contribution in [0.15, 0.2) is 49.1 Å². The molecule has 1 aliphatic heterocycles. The van der Waals surface area contributed by atoms with E-state index in [9.17, 15) is 4.79 Å². The molecule has 144 valence electrons. The maximum atomic E-state index is 13.7. The highest BCUT2D eigenvalue weighted by atomic mass is 16.2. The Balaban J connectivity index is 1.52. The Hall–Kier alpha value is -2.89. The maximum absolute atomic E-state index is 13.7. The minimum atomic E-state index is -0.126. The first-order valence-corrected chi connectivity index (χ1v) is 10.2. The highest BCUT2D eigenvalue weighted by molar-refractivity contribution is 5.96. The second kappa shape index (κ2) is 7.26. The van der Waals surface area contributed by atoms with Crippen LogP contribution in [0.5, 0.6) is 0 Å². The zero-order chi connectivity index (χ0) is 18.9. The predicted molar refractivity (Wildman–Crippen MR) is 106 cm³/mol. The van der Waals surface area contributed by atoms with Crippen molar-refractivity contribution in [1.82, 2.24) is 24.6 Å². The van der Waals surface area contributed by atoms with Gasteiger partial charge in [-0.3, -0.25) is 14.9 Å². The van der Waals surface area contributed by atoms with Crippen LogP contribution in [-0.4, -0.2) is 37.1 Å². The van der Waals surface area contributed by atoms with Gasteiger partial charge in [0.1, 0.15) is 0 Å². The molecule has 1 unspecified atom stereocenters. The molecule has 0 saturated heterocycles. The summed E-state index contributed by atoms with van der Waals surface area (Å²) >= 11 is 0. The highest BCUT2D eigenvalue weighted by Crippen LogP contribution is 2.36. The number of carbonyl (C=O) groups is 1. The number of rotatable bonds is 3. The van der Waals surface area contributed by atoms with Crippen molar-refractivity contribution in [2.75, 3.05) is 6.54 Å². The summed E-state index contributed by atoms with van der Waals surface area (Å²) in [5.74, 6) is 0.483. The molecule has 6 nitrogen and oxygen atoms in total. The van der Waals surface area contributed by atoms with Crippen LogP contribution < -0.4 is 0 Å². The monoisotopic (exact) mass is 375 g/mol. The molecule has 5 rings (SSSR count). The Bertz CT molecular complexity index is 954. The number of amides is 1. The second-order valence-corrected chi connectivity index (χ2v) is 7.85. The van der Waals surface area contributed by atoms with Gasteiger partial charge in [-0.2, -0.15) is 5.10 Å². The van der Waals surface area contributed by atoms with Gasteiger partial charge >= 0.3 is 0 Å². The van der Waals surface area contributed by atoms with Gasteiger partial charge in [-0.15, -0.1) is 0 Å². The van der Waals surface area contributed by atoms with Crippen molar-refractivity contribution in [3.8, 4) is 0 Å². The molecule has 0 spiro atoms. The van der Waals surface area contributed by atoms with Crippen molar-refractivity contribution in [3.05, 3.63) is 71.6 Å². The number of carbonyl (C=O) groups excluding carboxylic acids is 1. The number of fused-ring (bicyclic) bond motifs is 1. The molecule has 3 aromatic rings. The molecule has 4 heterocycles. The fraction of sp³-hybridized carbons (Fsp3) is 0.409. The van der Waals surface area contributed by atoms with E-state index in [4.69, 9.17) is 0 Å². The van der Waals surface area contributed by atoms with Crippen molar-refractivity contribution in [2.24, 2.45) is 0 Å². The second-order valence-electron chi connectivity index (χ2n) is 7.85. The number of aromatic nitrogens is 4. The van der Waals surface area contributed by atoms with E-state index in [0.717, 1.165) is 41.9 Å². The molecule has 0 bridgehead atoms. The van der Waals surface area contributed by atoms with Crippen molar-refractivity contribution in [3.63, 3.8) is 0 Å². The van der Waals surface area contributed by atoms with Crippen molar-refractivity contribution in [1.29, 1.82) is 0 Å². The highest BCUT2D eigenvalue weighted by Gasteiger charge is 2.35. The van der Waals surface area contributed by atoms with Crippen LogP contribution >= 0.6 is 0 Å². The van der Waals surface area contributed by atoms with Crippen molar-refractivity contribution in [2.45, 2.75) is 50.6 Å². The predicted octanol–water partition coefficient (Wildman–Crippen LogP) is 3.90. The zero-order valence-corrected chi connectivity index (χ0v) is 15.9. The molecule has 1 fully saturated rings. The third kappa shape index (κ3) is 2.93. The number of hydrogen-bond donors (Lipinski definition) is 1. The van der Waals surface area contributed by atoms with E-state index in [2.05, 4.69) is 44.1 Å². The third-order valence-electron chi connectivity index (χ3n) is 6.21. The molecule has 0 aromatic carbocycles. The van der Waals surface area contributed by atoms with Crippen LogP contribution in [0.25, 0.3) is 0 Å². The van der Waals surface area contributed by atoms with Crippen LogP contribution in [-0.2, 0) is 6.54 Å². The lowest BCUT2D eigenvalue weighted by Crippen LogP contribution is -2.42. The molecule has 1 N–H and O–H groups in total. The lowest BCUT2D eigenvalue weighted by molar-refractivity contribution is 0.0662. The number of nitrogens with zero attached hydrogens (tertiary/aromatic N) is 4. The summed E-state index contributed by atoms with van der Waals surface area (Å²) in [6, 6.07) is 8.02. The van der Waals surface area contributed by atoms with Crippen LogP contribution in [0.2, 0.25) is 0 Å². The largest absolute Gasteiger partial charge is 0.348 e. The van der Waals surface area contributed by atoms with Crippen LogP contribution in [0, 0.1) is 0 Å². The summed E-state index contributed by atoms with van der Waals surface area (Å²) < 4.78 is 2.23. The van der Waals surface area contributed by atoms with Gasteiger partial charge < -0.3 is 9.47 Å². The molecule has 1 amide bonds. The Morgan fingerprint density at radius 2 is 1.96 bits per heavy atom. The molecule has 1 saturated carbocycles. The van der Waals surface area contributed by atoms with Crippen LogP contribution in [0.3, 0.4) is 0 Å². The first-order valence-electron chi connectivity index (χ1n) is 10.2. The van der Waals surface area contributed by atoms with E-state index >= 15 is 0 Å². The van der Waals surface area contributed by atoms with E-state index in [-0.39, 0.29) is 11.9 Å². The van der Waals surface area contributed by atoms with Gasteiger partial charge in [-0.25, -0.2) is 0 Å². The van der Waals surface area contributed by atoms with E-state index < -0.39 is 0 Å². The number of hydrogen-bond acceptors (Lipinski definition) is 3. The van der Waals surface area contributed by atoms with Crippen molar-refractivity contribution < 1.29 is 4.79 Å². The number of nitrogens with one attached hydrogen (secondary N) is 1. The Morgan fingerprint density at radius 1 is 1.07 bits per heavy atom. The number of aromatic amines is 1. The minimum absolute atomic E-state index is 0.0654. The van der Waals surface area contributed by atoms with Crippen molar-refractivity contribution >= 4 is 5.91 Å². The van der Waals surface area contributed by atoms with E-state index in [1.807, 2.05) is 17.2 Å². The van der Waals surface area contributed by atoms with Gasteiger partial charge in [0.05, 0.1) is 23.5 Å². The Kier molecular flexibility index (Phi) is 4.47. The standard InChI is InChI=1S/C22H25N5O/c28-22(18-15-24-25-20(18)16-6-2-1-3-7-16)27-13-12-26-11-5-9-19(26)21(27)17-8-4-10-23-14-17/h4-5,8-11,14-16,21H,1-3,6-7,12-13H2,(H,24,25). The number of H-pyrrole nitrogens is 1. The third-order valence-corrected chi connectivity index (χ3v) is 6.21. The minimum Gasteiger partial charge on any atom is -0.348 e. The van der Waals surface area contributed by atoms with Crippen LogP contribution in [0.4, 0.5) is 0 Å². The SMILES string of the molecule is O=C(c1cn[nH]c1C1CCCCC1)N1CCn2cccc2C1c1cccnc1. The molecule has 3 aromatic heterocycles. The lowest BCUT2D eigenvalue weighted by atomic mass is 9.85. The Labute approximate surface area is 164 Å². The summed E-state index contributed by atoms with van der Waals surface area (Å²) in [4.78, 5) is 20.0. The van der Waals surface area contributed by atoms with Gasteiger partial charge in [0.15, 0.2) is 0 Å². The van der Waals surface area contributed by atoms with Gasteiger partial charge in [-0.1, -0.05) is 25.3 Å². The Morgan fingerprint density at radius 3 is 2.79 bits per heavy atom. The molecule has 1 aliphatic carbocycles. The smallest absolute Gasteiger partial charge is 0.258 e. The fourth-order valence-electron chi connectivity index (χ4n) is 4.81. The molecule has 0 radical (unpaired) electrons. The average Bonchev–Trinajstić information content (AvgIpc) is 3.43.